The second-order valence-corrected chi connectivity index (χ2v) is 7.35. The third-order valence-corrected chi connectivity index (χ3v) is 3.45. The molecule has 1 aromatic carbocycles. The monoisotopic (exact) mass is 582 g/mol. The Labute approximate surface area is 193 Å². The molecule has 0 aliphatic carbocycles. The van der Waals surface area contributed by atoms with E-state index in [1.165, 1.54) is 0 Å². The average molecular weight is 583 g/mol. The molecule has 0 bridgehead atoms. The van der Waals surface area contributed by atoms with Gasteiger partial charge in [-0.2, -0.15) is 41.8 Å². The molecule has 2 aromatic rings. The van der Waals surface area contributed by atoms with E-state index in [-0.39, 0.29) is 17.1 Å². The molecule has 33 heavy (non-hydrogen) atoms. The summed E-state index contributed by atoms with van der Waals surface area (Å²) in [6, 6.07) is 6.55. The molecule has 12 nitrogen and oxygen atoms in total. The Morgan fingerprint density at radius 1 is 0.879 bits per heavy atom. The van der Waals surface area contributed by atoms with E-state index in [2.05, 4.69) is 15.4 Å². The van der Waals surface area contributed by atoms with E-state index in [1.807, 2.05) is 0 Å². The maximum atomic E-state index is 10.7. The molecule has 193 valence electrons. The van der Waals surface area contributed by atoms with E-state index in [0.717, 1.165) is 0 Å². The van der Waals surface area contributed by atoms with E-state index in [0.29, 0.717) is 11.2 Å². The van der Waals surface area contributed by atoms with Gasteiger partial charge in [0, 0.05) is 0 Å². The zero-order chi connectivity index (χ0) is 25.8. The van der Waals surface area contributed by atoms with Gasteiger partial charge in [-0.1, -0.05) is 12.1 Å². The fourth-order valence-electron chi connectivity index (χ4n) is 0.943. The Morgan fingerprint density at radius 2 is 1.18 bits per heavy atom. The number of alkyl halides is 6. The van der Waals surface area contributed by atoms with Crippen LogP contribution in [0.1, 0.15) is 0 Å². The summed E-state index contributed by atoms with van der Waals surface area (Å²) in [6.07, 6.45) is 3.17. The Kier molecular flexibility index (Phi) is 16.3. The number of halogens is 6. The van der Waals surface area contributed by atoms with Crippen LogP contribution in [0, 0.1) is 0 Å². The number of nitrogens with zero attached hydrogens (tertiary/aromatic N) is 2. The molecule has 22 heteroatoms. The first-order valence-corrected chi connectivity index (χ1v) is 9.89. The fourth-order valence-corrected chi connectivity index (χ4v) is 0.943. The molecular formula is C11H12BCuF6N3O9S2. The summed E-state index contributed by atoms with van der Waals surface area (Å²) >= 11 is 0. The van der Waals surface area contributed by atoms with Crippen LogP contribution in [0.25, 0.3) is 0 Å². The Morgan fingerprint density at radius 3 is 1.33 bits per heavy atom. The third kappa shape index (κ3) is 17.2. The minimum atomic E-state index is -6.09. The maximum Gasteiger partial charge on any atom is 2.00 e. The van der Waals surface area contributed by atoms with E-state index in [9.17, 15) is 26.3 Å². The van der Waals surface area contributed by atoms with Crippen LogP contribution in [0.15, 0.2) is 36.7 Å². The molecule has 0 saturated carbocycles. The van der Waals surface area contributed by atoms with Gasteiger partial charge < -0.3 is 23.9 Å². The number of aromatic amines is 1. The number of methoxy groups -OCH3 is 1. The maximum absolute atomic E-state index is 10.7. The van der Waals surface area contributed by atoms with Crippen molar-refractivity contribution < 1.29 is 84.1 Å². The van der Waals surface area contributed by atoms with Crippen molar-refractivity contribution in [2.75, 3.05) is 7.11 Å². The normalized spacial score (nSPS) is 11.1. The molecule has 0 amide bonds. The molecule has 1 heterocycles. The quantitative estimate of drug-likeness (QED) is 0.174. The van der Waals surface area contributed by atoms with Crippen LogP contribution in [0.3, 0.4) is 0 Å². The molecule has 0 aliphatic rings. The average Bonchev–Trinajstić information content (AvgIpc) is 3.19. The number of ether oxygens (including phenoxy) is 1. The molecule has 0 fully saturated rings. The molecule has 3 N–H and O–H groups in total. The van der Waals surface area contributed by atoms with Crippen molar-refractivity contribution in [1.29, 1.82) is 0 Å². The van der Waals surface area contributed by atoms with E-state index in [4.69, 9.17) is 40.7 Å². The van der Waals surface area contributed by atoms with Gasteiger partial charge >= 0.3 is 35.2 Å². The minimum absolute atomic E-state index is 0. The predicted molar refractivity (Wildman–Crippen MR) is 90.7 cm³/mol. The van der Waals surface area contributed by atoms with E-state index in [1.54, 1.807) is 43.8 Å². The minimum Gasteiger partial charge on any atom is -0.741 e. The van der Waals surface area contributed by atoms with Gasteiger partial charge in [0.05, 0.1) is 19.5 Å². The van der Waals surface area contributed by atoms with Crippen molar-refractivity contribution in [3.8, 4) is 5.75 Å². The van der Waals surface area contributed by atoms with E-state index < -0.39 is 38.4 Å². The largest absolute Gasteiger partial charge is 2.00 e. The van der Waals surface area contributed by atoms with Gasteiger partial charge in [0.2, 0.25) is 0 Å². The zero-order valence-corrected chi connectivity index (χ0v) is 18.1. The van der Waals surface area contributed by atoms with Crippen molar-refractivity contribution in [2.45, 2.75) is 11.0 Å². The van der Waals surface area contributed by atoms with Crippen molar-refractivity contribution in [3.05, 3.63) is 36.7 Å². The van der Waals surface area contributed by atoms with Crippen molar-refractivity contribution in [3.63, 3.8) is 0 Å². The summed E-state index contributed by atoms with van der Waals surface area (Å²) in [4.78, 5) is 0. The third-order valence-electron chi connectivity index (χ3n) is 2.31. The first kappa shape index (κ1) is 35.6. The van der Waals surface area contributed by atoms with Crippen LogP contribution in [-0.2, 0) is 37.3 Å². The van der Waals surface area contributed by atoms with Crippen LogP contribution in [0.5, 0.6) is 5.75 Å². The van der Waals surface area contributed by atoms with Crippen molar-refractivity contribution >= 4 is 32.8 Å². The zero-order valence-electron chi connectivity index (χ0n) is 15.6. The summed E-state index contributed by atoms with van der Waals surface area (Å²) in [5.74, 6) is 0.703. The molecule has 1 radical (unpaired) electrons. The molecular weight excluding hydrogens is 571 g/mol. The van der Waals surface area contributed by atoms with Crippen LogP contribution in [0.2, 0.25) is 0 Å². The predicted octanol–water partition coefficient (Wildman–Crippen LogP) is -0.720. The second kappa shape index (κ2) is 15.1. The molecule has 0 spiro atoms. The number of aromatic nitrogens is 3. The number of hydrogen-bond donors (Lipinski definition) is 3. The Bertz CT molecular complexity index is 913. The number of benzene rings is 1. The second-order valence-electron chi connectivity index (χ2n) is 4.60. The molecule has 1 aromatic heterocycles. The van der Waals surface area contributed by atoms with Gasteiger partial charge in [-0.25, -0.2) is 16.8 Å². The van der Waals surface area contributed by atoms with Crippen LogP contribution >= 0.6 is 0 Å². The first-order valence-electron chi connectivity index (χ1n) is 7.08. The van der Waals surface area contributed by atoms with Crippen molar-refractivity contribution in [1.82, 2.24) is 15.4 Å². The van der Waals surface area contributed by atoms with Gasteiger partial charge in [0.1, 0.15) is 5.75 Å². The van der Waals surface area contributed by atoms with Gasteiger partial charge in [-0.3, -0.25) is 0 Å². The summed E-state index contributed by atoms with van der Waals surface area (Å²) in [7, 11) is -12.0. The number of nitrogens with one attached hydrogen (secondary N) is 1. The standard InChI is InChI=1S/C7H9BO3.C2H3N3.2CHF3O3S.Cu/c1-11-7-4-2-6(3-5-7)8(9)10;1-2-4-5-3-1;2*2-1(3,4)8(5,6)7;/h2-5,9-10H,1H3;1-2H,(H,3,4,5);2*(H,5,6,7);/q;;;;+2/p-2. The van der Waals surface area contributed by atoms with E-state index >= 15 is 0 Å². The summed E-state index contributed by atoms with van der Waals surface area (Å²) in [6.45, 7) is 0. The van der Waals surface area contributed by atoms with Crippen LogP contribution in [0.4, 0.5) is 26.3 Å². The molecule has 0 unspecified atom stereocenters. The van der Waals surface area contributed by atoms with Gasteiger partial charge in [-0.05, 0) is 17.6 Å². The number of H-pyrrole nitrogens is 1. The van der Waals surface area contributed by atoms with Gasteiger partial charge in [-0.15, -0.1) is 0 Å². The number of hydrogen-bond acceptors (Lipinski definition) is 11. The van der Waals surface area contributed by atoms with Gasteiger partial charge in [0.15, 0.2) is 20.2 Å². The topological polar surface area (TPSA) is 206 Å². The molecule has 2 rings (SSSR count). The SMILES string of the molecule is COc1ccc(B(O)O)cc1.O=S(=O)([O-])C(F)(F)F.O=S(=O)([O-])C(F)(F)F.[Cu+2].c1cn[nH]n1. The molecule has 0 aliphatic heterocycles. The van der Waals surface area contributed by atoms with Crippen molar-refractivity contribution in [2.24, 2.45) is 0 Å². The van der Waals surface area contributed by atoms with Gasteiger partial charge in [0.25, 0.3) is 0 Å². The fraction of sp³-hybridized carbons (Fsp3) is 0.273. The smallest absolute Gasteiger partial charge is 0.741 e. The summed E-state index contributed by atoms with van der Waals surface area (Å²) in [5.41, 5.74) is -10.8. The first-order chi connectivity index (χ1) is 14.2. The van der Waals surface area contributed by atoms with Crippen LogP contribution < -0.4 is 10.2 Å². The Hall–Kier alpha value is -1.94. The summed E-state index contributed by atoms with van der Waals surface area (Å²) in [5, 5.41) is 26.7. The van der Waals surface area contributed by atoms with Crippen LogP contribution in [-0.4, -0.2) is 76.6 Å². The summed E-state index contributed by atoms with van der Waals surface area (Å²) < 4.78 is 123. The number of rotatable bonds is 2. The molecule has 0 saturated heterocycles. The molecule has 0 atom stereocenters. The Balaban J connectivity index is -0.000000372.